The molecule has 0 bridgehead atoms. The summed E-state index contributed by atoms with van der Waals surface area (Å²) in [4.78, 5) is 25.3. The van der Waals surface area contributed by atoms with Crippen molar-refractivity contribution in [3.8, 4) is 0 Å². The molecule has 5 heteroatoms. The van der Waals surface area contributed by atoms with Crippen LogP contribution in [0.15, 0.2) is 29.2 Å². The predicted octanol–water partition coefficient (Wildman–Crippen LogP) is 1.72. The number of nitrogens with zero attached hydrogens (tertiary/aromatic N) is 1. The third-order valence-electron chi connectivity index (χ3n) is 2.46. The van der Waals surface area contributed by atoms with Crippen molar-refractivity contribution in [2.24, 2.45) is 0 Å². The highest BCUT2D eigenvalue weighted by Crippen LogP contribution is 2.21. The van der Waals surface area contributed by atoms with Crippen LogP contribution in [0.1, 0.15) is 5.56 Å². The van der Waals surface area contributed by atoms with E-state index in [0.717, 1.165) is 10.5 Å². The van der Waals surface area contributed by atoms with Gasteiger partial charge in [-0.3, -0.25) is 9.59 Å². The summed E-state index contributed by atoms with van der Waals surface area (Å²) >= 11 is 1.47. The summed E-state index contributed by atoms with van der Waals surface area (Å²) in [5.41, 5.74) is 1.14. The van der Waals surface area contributed by atoms with Crippen LogP contribution in [0.4, 0.5) is 0 Å². The molecule has 0 spiro atoms. The minimum atomic E-state index is -0.410. The predicted molar refractivity (Wildman–Crippen MR) is 71.6 cm³/mol. The first-order chi connectivity index (χ1) is 8.54. The zero-order valence-corrected chi connectivity index (χ0v) is 11.6. The first-order valence-electron chi connectivity index (χ1n) is 5.53. The number of likely N-dealkylation sites (N-methyl/N-ethyl adjacent to an activating group) is 1. The fourth-order valence-electron chi connectivity index (χ4n) is 1.31. The van der Waals surface area contributed by atoms with E-state index in [1.807, 2.05) is 31.2 Å². The second kappa shape index (κ2) is 7.06. The van der Waals surface area contributed by atoms with Gasteiger partial charge in [0, 0.05) is 11.9 Å². The normalized spacial score (nSPS) is 9.94. The number of ether oxygens (including phenoxy) is 1. The number of rotatable bonds is 5. The Kier molecular flexibility index (Phi) is 5.71. The van der Waals surface area contributed by atoms with Crippen LogP contribution in [0.25, 0.3) is 0 Å². The fraction of sp³-hybridized carbons (Fsp3) is 0.385. The number of amides is 1. The molecule has 0 aliphatic heterocycles. The number of hydrogen-bond acceptors (Lipinski definition) is 4. The summed E-state index contributed by atoms with van der Waals surface area (Å²) < 4.78 is 4.51. The van der Waals surface area contributed by atoms with Gasteiger partial charge in [-0.25, -0.2) is 0 Å². The second-order valence-corrected chi connectivity index (χ2v) is 4.90. The van der Waals surface area contributed by atoms with Crippen molar-refractivity contribution in [1.29, 1.82) is 0 Å². The highest BCUT2D eigenvalue weighted by molar-refractivity contribution is 8.00. The third-order valence-corrected chi connectivity index (χ3v) is 3.62. The molecule has 0 aliphatic carbocycles. The summed E-state index contributed by atoms with van der Waals surface area (Å²) in [5.74, 6) is -0.182. The Morgan fingerprint density at radius 3 is 2.61 bits per heavy atom. The molecule has 1 amide bonds. The van der Waals surface area contributed by atoms with Crippen molar-refractivity contribution in [1.82, 2.24) is 4.90 Å². The summed E-state index contributed by atoms with van der Waals surface area (Å²) in [6.45, 7) is 1.99. The van der Waals surface area contributed by atoms with Gasteiger partial charge in [-0.05, 0) is 18.6 Å². The molecule has 0 saturated carbocycles. The number of carbonyl (C=O) groups excluding carboxylic acids is 2. The van der Waals surface area contributed by atoms with Gasteiger partial charge in [-0.15, -0.1) is 11.8 Å². The molecule has 1 rings (SSSR count). The Balaban J connectivity index is 2.46. The van der Waals surface area contributed by atoms with Crippen LogP contribution in [0.5, 0.6) is 0 Å². The molecule has 0 fully saturated rings. The first kappa shape index (κ1) is 14.6. The smallest absolute Gasteiger partial charge is 0.325 e. The maximum atomic E-state index is 11.8. The molecule has 18 heavy (non-hydrogen) atoms. The van der Waals surface area contributed by atoms with E-state index in [1.54, 1.807) is 7.05 Å². The first-order valence-corrected chi connectivity index (χ1v) is 6.52. The zero-order valence-electron chi connectivity index (χ0n) is 10.8. The number of esters is 1. The molecule has 0 unspecified atom stereocenters. The van der Waals surface area contributed by atoms with Crippen LogP contribution in [0.3, 0.4) is 0 Å². The minimum absolute atomic E-state index is 0.0103. The molecule has 0 radical (unpaired) electrons. The lowest BCUT2D eigenvalue weighted by atomic mass is 10.2. The van der Waals surface area contributed by atoms with Gasteiger partial charge in [0.25, 0.3) is 0 Å². The van der Waals surface area contributed by atoms with Gasteiger partial charge in [0.15, 0.2) is 0 Å². The topological polar surface area (TPSA) is 46.6 Å². The monoisotopic (exact) mass is 267 g/mol. The molecular weight excluding hydrogens is 250 g/mol. The molecule has 0 atom stereocenters. The fourth-order valence-corrected chi connectivity index (χ4v) is 2.28. The molecule has 4 nitrogen and oxygen atoms in total. The molecule has 0 aromatic heterocycles. The molecule has 1 aromatic rings. The van der Waals surface area contributed by atoms with Crippen LogP contribution in [-0.2, 0) is 14.3 Å². The Morgan fingerprint density at radius 1 is 1.33 bits per heavy atom. The maximum absolute atomic E-state index is 11.8. The summed E-state index contributed by atoms with van der Waals surface area (Å²) in [5, 5.41) is 0. The number of carbonyl (C=O) groups is 2. The molecule has 0 saturated heterocycles. The minimum Gasteiger partial charge on any atom is -0.468 e. The Morgan fingerprint density at radius 2 is 2.00 bits per heavy atom. The average Bonchev–Trinajstić information content (AvgIpc) is 2.37. The van der Waals surface area contributed by atoms with Crippen LogP contribution >= 0.6 is 11.8 Å². The van der Waals surface area contributed by atoms with E-state index in [-0.39, 0.29) is 12.5 Å². The molecule has 0 heterocycles. The van der Waals surface area contributed by atoms with Crippen molar-refractivity contribution in [3.05, 3.63) is 29.8 Å². The summed E-state index contributed by atoms with van der Waals surface area (Å²) in [6.07, 6.45) is 0. The number of methoxy groups -OCH3 is 1. The van der Waals surface area contributed by atoms with Crippen molar-refractivity contribution in [2.45, 2.75) is 11.8 Å². The van der Waals surface area contributed by atoms with Gasteiger partial charge in [-0.2, -0.15) is 0 Å². The number of benzene rings is 1. The van der Waals surface area contributed by atoms with E-state index in [2.05, 4.69) is 4.74 Å². The third kappa shape index (κ3) is 4.41. The van der Waals surface area contributed by atoms with E-state index in [9.17, 15) is 9.59 Å². The van der Waals surface area contributed by atoms with Gasteiger partial charge in [0.2, 0.25) is 5.91 Å². The van der Waals surface area contributed by atoms with E-state index >= 15 is 0 Å². The molecule has 0 aliphatic rings. The number of thioether (sulfide) groups is 1. The number of hydrogen-bond donors (Lipinski definition) is 0. The highest BCUT2D eigenvalue weighted by atomic mass is 32.2. The lowest BCUT2D eigenvalue weighted by molar-refractivity contribution is -0.145. The van der Waals surface area contributed by atoms with Gasteiger partial charge in [-0.1, -0.05) is 18.2 Å². The molecule has 98 valence electrons. The van der Waals surface area contributed by atoms with Crippen molar-refractivity contribution in [2.75, 3.05) is 26.5 Å². The van der Waals surface area contributed by atoms with E-state index in [0.29, 0.717) is 5.75 Å². The average molecular weight is 267 g/mol. The van der Waals surface area contributed by atoms with Crippen molar-refractivity contribution < 1.29 is 14.3 Å². The Labute approximate surface area is 111 Å². The zero-order chi connectivity index (χ0) is 13.5. The van der Waals surface area contributed by atoms with Crippen LogP contribution in [0.2, 0.25) is 0 Å². The largest absolute Gasteiger partial charge is 0.468 e. The quantitative estimate of drug-likeness (QED) is 0.602. The molecule has 1 aromatic carbocycles. The Hall–Kier alpha value is -1.49. The second-order valence-electron chi connectivity index (χ2n) is 3.88. The van der Waals surface area contributed by atoms with Crippen LogP contribution < -0.4 is 0 Å². The molecular formula is C13H17NO3S. The lowest BCUT2D eigenvalue weighted by Crippen LogP contribution is -2.33. The van der Waals surface area contributed by atoms with E-state index < -0.39 is 5.97 Å². The van der Waals surface area contributed by atoms with E-state index in [1.165, 1.54) is 23.8 Å². The summed E-state index contributed by atoms with van der Waals surface area (Å²) in [7, 11) is 2.90. The summed E-state index contributed by atoms with van der Waals surface area (Å²) in [6, 6.07) is 7.89. The van der Waals surface area contributed by atoms with E-state index in [4.69, 9.17) is 0 Å². The van der Waals surface area contributed by atoms with Gasteiger partial charge >= 0.3 is 5.97 Å². The van der Waals surface area contributed by atoms with Crippen LogP contribution in [0, 0.1) is 6.92 Å². The Bertz CT molecular complexity index is 434. The van der Waals surface area contributed by atoms with Crippen molar-refractivity contribution >= 4 is 23.6 Å². The van der Waals surface area contributed by atoms with Gasteiger partial charge in [0.1, 0.15) is 6.54 Å². The van der Waals surface area contributed by atoms with Crippen LogP contribution in [-0.4, -0.2) is 43.2 Å². The number of aryl methyl sites for hydroxylation is 1. The van der Waals surface area contributed by atoms with Gasteiger partial charge < -0.3 is 9.64 Å². The SMILES string of the molecule is COC(=O)CN(C)C(=O)CSc1ccccc1C. The van der Waals surface area contributed by atoms with Gasteiger partial charge in [0.05, 0.1) is 12.9 Å². The maximum Gasteiger partial charge on any atom is 0.325 e. The highest BCUT2D eigenvalue weighted by Gasteiger charge is 2.13. The molecule has 0 N–H and O–H groups in total. The standard InChI is InChI=1S/C13H17NO3S/c1-10-6-4-5-7-11(10)18-9-12(15)14(2)8-13(16)17-3/h4-7H,8-9H2,1-3H3. The van der Waals surface area contributed by atoms with Crippen molar-refractivity contribution in [3.63, 3.8) is 0 Å². The lowest BCUT2D eigenvalue weighted by Gasteiger charge is -2.15.